The van der Waals surface area contributed by atoms with E-state index in [-0.39, 0.29) is 25.2 Å². The second-order valence-electron chi connectivity index (χ2n) is 21.1. The summed E-state index contributed by atoms with van der Waals surface area (Å²) in [6.45, 7) is 4.03. The third-order valence-corrected chi connectivity index (χ3v) is 14.0. The predicted molar refractivity (Wildman–Crippen MR) is 316 cm³/mol. The van der Waals surface area contributed by atoms with Gasteiger partial charge in [0.15, 0.2) is 6.10 Å². The average molecular weight is 1010 g/mol. The molecule has 1 N–H and O–H groups in total. The minimum Gasteiger partial charge on any atom is -0.462 e. The Bertz CT molecular complexity index is 1270. The second-order valence-corrected chi connectivity index (χ2v) is 21.1. The highest BCUT2D eigenvalue weighted by molar-refractivity contribution is 5.70. The van der Waals surface area contributed by atoms with Crippen LogP contribution < -0.4 is 0 Å². The van der Waals surface area contributed by atoms with Gasteiger partial charge >= 0.3 is 11.9 Å². The average Bonchev–Trinajstić information content (AvgIpc) is 3.38. The van der Waals surface area contributed by atoms with Gasteiger partial charge in [0.25, 0.3) is 0 Å². The van der Waals surface area contributed by atoms with Crippen LogP contribution in [-0.2, 0) is 19.1 Å². The SMILES string of the molecule is CC/C=C\C/C=C\C/C=C\C/C=C\C/C=C\C/C=C\CCCCC(=O)OC(CO)COC(=O)CCCCCCCCCCCCCCCCCCCCCCCCCCCCCCCCCCCCCCC. The molecule has 0 saturated carbocycles. The molecule has 0 aliphatic heterocycles. The molecule has 0 aromatic rings. The van der Waals surface area contributed by atoms with Crippen LogP contribution in [0.1, 0.15) is 322 Å². The molecule has 0 aromatic carbocycles. The number of ether oxygens (including phenoxy) is 2. The molecular formula is C67H120O5. The minimum absolute atomic E-state index is 0.0840. The normalized spacial score (nSPS) is 12.7. The van der Waals surface area contributed by atoms with Crippen molar-refractivity contribution in [1.29, 1.82) is 0 Å². The molecule has 5 heteroatoms. The van der Waals surface area contributed by atoms with Gasteiger partial charge < -0.3 is 14.6 Å². The Labute approximate surface area is 448 Å². The summed E-state index contributed by atoms with van der Waals surface area (Å²) in [6, 6.07) is 0. The van der Waals surface area contributed by atoms with Crippen molar-refractivity contribution in [2.75, 3.05) is 13.2 Å². The van der Waals surface area contributed by atoms with Gasteiger partial charge in [0.05, 0.1) is 6.61 Å². The number of hydrogen-bond acceptors (Lipinski definition) is 5. The maximum atomic E-state index is 12.3. The first-order chi connectivity index (χ1) is 35.6. The fourth-order valence-electron chi connectivity index (χ4n) is 9.33. The number of hydrogen-bond donors (Lipinski definition) is 1. The van der Waals surface area contributed by atoms with Crippen LogP contribution >= 0.6 is 0 Å². The highest BCUT2D eigenvalue weighted by Gasteiger charge is 2.16. The number of allylic oxidation sites excluding steroid dienone is 12. The predicted octanol–water partition coefficient (Wildman–Crippen LogP) is 21.5. The van der Waals surface area contributed by atoms with E-state index >= 15 is 0 Å². The summed E-state index contributed by atoms with van der Waals surface area (Å²) >= 11 is 0. The summed E-state index contributed by atoms with van der Waals surface area (Å²) < 4.78 is 10.7. The molecule has 1 unspecified atom stereocenters. The molecule has 0 aromatic heterocycles. The van der Waals surface area contributed by atoms with Crippen LogP contribution in [0.5, 0.6) is 0 Å². The third-order valence-electron chi connectivity index (χ3n) is 14.0. The molecule has 0 spiro atoms. The molecule has 72 heavy (non-hydrogen) atoms. The Morgan fingerprint density at radius 1 is 0.333 bits per heavy atom. The third kappa shape index (κ3) is 59.9. The standard InChI is InChI=1S/C67H120O5/c1-3-5-7-9-11-13-15-17-19-21-23-25-26-27-28-29-30-31-32-33-34-35-36-37-38-39-40-42-43-45-47-49-51-53-55-57-59-61-66(69)71-64-65(63-68)72-67(70)62-60-58-56-54-52-50-48-46-44-41-24-22-20-18-16-14-12-10-8-6-4-2/h6,8,12,14,18,20,24,41,46,48,52,54,65,68H,3-5,7,9-11,13,15-17,19,21-23,25-40,42-45,47,49-51,53,55-64H2,1-2H3/b8-6-,14-12-,20-18-,41-24-,48-46-,54-52-. The van der Waals surface area contributed by atoms with Crippen molar-refractivity contribution in [2.24, 2.45) is 0 Å². The summed E-state index contributed by atoms with van der Waals surface area (Å²) in [5, 5.41) is 9.65. The van der Waals surface area contributed by atoms with Gasteiger partial charge in [-0.3, -0.25) is 9.59 Å². The number of esters is 2. The van der Waals surface area contributed by atoms with Crippen molar-refractivity contribution < 1.29 is 24.2 Å². The van der Waals surface area contributed by atoms with Crippen LogP contribution in [0.25, 0.3) is 0 Å². The molecule has 1 atom stereocenters. The van der Waals surface area contributed by atoms with Crippen LogP contribution in [0.15, 0.2) is 72.9 Å². The van der Waals surface area contributed by atoms with E-state index in [4.69, 9.17) is 9.47 Å². The second kappa shape index (κ2) is 62.6. The molecule has 0 bridgehead atoms. The molecule has 0 aliphatic rings. The Morgan fingerprint density at radius 2 is 0.597 bits per heavy atom. The topological polar surface area (TPSA) is 72.8 Å². The lowest BCUT2D eigenvalue weighted by atomic mass is 10.0. The van der Waals surface area contributed by atoms with Gasteiger partial charge in [-0.05, 0) is 64.2 Å². The fourth-order valence-corrected chi connectivity index (χ4v) is 9.33. The maximum absolute atomic E-state index is 12.3. The summed E-state index contributed by atoms with van der Waals surface area (Å²) in [5.41, 5.74) is 0. The van der Waals surface area contributed by atoms with E-state index < -0.39 is 6.10 Å². The monoisotopic (exact) mass is 1000 g/mol. The molecule has 5 nitrogen and oxygen atoms in total. The van der Waals surface area contributed by atoms with Gasteiger partial charge in [0.1, 0.15) is 6.61 Å². The van der Waals surface area contributed by atoms with Gasteiger partial charge in [-0.2, -0.15) is 0 Å². The number of carbonyl (C=O) groups excluding carboxylic acids is 2. The molecule has 0 fully saturated rings. The first-order valence-electron chi connectivity index (χ1n) is 31.5. The van der Waals surface area contributed by atoms with Crippen LogP contribution in [0.2, 0.25) is 0 Å². The van der Waals surface area contributed by atoms with Crippen molar-refractivity contribution in [3.63, 3.8) is 0 Å². The van der Waals surface area contributed by atoms with Crippen molar-refractivity contribution in [3.05, 3.63) is 72.9 Å². The molecule has 0 saturated heterocycles. The van der Waals surface area contributed by atoms with Crippen molar-refractivity contribution >= 4 is 11.9 Å². The lowest BCUT2D eigenvalue weighted by molar-refractivity contribution is -0.161. The maximum Gasteiger partial charge on any atom is 0.306 e. The molecule has 0 amide bonds. The van der Waals surface area contributed by atoms with E-state index in [1.54, 1.807) is 0 Å². The van der Waals surface area contributed by atoms with Gasteiger partial charge in [-0.1, -0.05) is 318 Å². The minimum atomic E-state index is -0.799. The highest BCUT2D eigenvalue weighted by Crippen LogP contribution is 2.18. The molecule has 418 valence electrons. The largest absolute Gasteiger partial charge is 0.462 e. The highest BCUT2D eigenvalue weighted by atomic mass is 16.6. The van der Waals surface area contributed by atoms with Gasteiger partial charge in [-0.15, -0.1) is 0 Å². The van der Waals surface area contributed by atoms with Crippen molar-refractivity contribution in [3.8, 4) is 0 Å². The number of rotatable bonds is 58. The van der Waals surface area contributed by atoms with E-state index in [1.165, 1.54) is 218 Å². The summed E-state index contributed by atoms with van der Waals surface area (Å²) in [4.78, 5) is 24.5. The van der Waals surface area contributed by atoms with Gasteiger partial charge in [0, 0.05) is 12.8 Å². The van der Waals surface area contributed by atoms with Gasteiger partial charge in [0.2, 0.25) is 0 Å². The van der Waals surface area contributed by atoms with Crippen LogP contribution in [-0.4, -0.2) is 36.4 Å². The Morgan fingerprint density at radius 3 is 0.903 bits per heavy atom. The lowest BCUT2D eigenvalue weighted by Gasteiger charge is -2.15. The summed E-state index contributed by atoms with van der Waals surface area (Å²) in [6.07, 6.45) is 86.4. The van der Waals surface area contributed by atoms with Crippen LogP contribution in [0.3, 0.4) is 0 Å². The van der Waals surface area contributed by atoms with E-state index in [9.17, 15) is 14.7 Å². The van der Waals surface area contributed by atoms with Gasteiger partial charge in [-0.25, -0.2) is 0 Å². The van der Waals surface area contributed by atoms with E-state index in [0.717, 1.165) is 77.0 Å². The zero-order valence-electron chi connectivity index (χ0n) is 47.9. The quantitative estimate of drug-likeness (QED) is 0.0373. The van der Waals surface area contributed by atoms with Crippen molar-refractivity contribution in [1.82, 2.24) is 0 Å². The van der Waals surface area contributed by atoms with Crippen molar-refractivity contribution in [2.45, 2.75) is 328 Å². The number of aliphatic hydroxyl groups is 1. The van der Waals surface area contributed by atoms with E-state index in [2.05, 4.69) is 86.8 Å². The smallest absolute Gasteiger partial charge is 0.306 e. The Hall–Kier alpha value is -2.66. The summed E-state index contributed by atoms with van der Waals surface area (Å²) in [5.74, 6) is -0.633. The van der Waals surface area contributed by atoms with Crippen LogP contribution in [0, 0.1) is 0 Å². The van der Waals surface area contributed by atoms with Crippen LogP contribution in [0.4, 0.5) is 0 Å². The molecule has 0 rings (SSSR count). The number of carbonyl (C=O) groups is 2. The first kappa shape index (κ1) is 69.3. The number of aliphatic hydroxyl groups excluding tert-OH is 1. The molecular weight excluding hydrogens is 885 g/mol. The fraction of sp³-hybridized carbons (Fsp3) is 0.791. The first-order valence-corrected chi connectivity index (χ1v) is 31.5. The van der Waals surface area contributed by atoms with E-state index in [0.29, 0.717) is 12.8 Å². The number of unbranched alkanes of at least 4 members (excludes halogenated alkanes) is 38. The zero-order chi connectivity index (χ0) is 52.0. The Balaban J connectivity index is 3.44. The lowest BCUT2D eigenvalue weighted by Crippen LogP contribution is -2.28. The molecule has 0 aliphatic carbocycles. The van der Waals surface area contributed by atoms with E-state index in [1.807, 2.05) is 0 Å². The molecule has 0 radical (unpaired) electrons. The molecule has 0 heterocycles. The zero-order valence-corrected chi connectivity index (χ0v) is 47.9. The Kier molecular flexibility index (Phi) is 60.3. The summed E-state index contributed by atoms with van der Waals surface area (Å²) in [7, 11) is 0.